The fraction of sp³-hybridized carbons (Fsp3) is 0.727. The summed E-state index contributed by atoms with van der Waals surface area (Å²) < 4.78 is 11.6. The fourth-order valence-electron chi connectivity index (χ4n) is 5.76. The second-order valence-electron chi connectivity index (χ2n) is 9.17. The van der Waals surface area contributed by atoms with Crippen molar-refractivity contribution in [1.29, 1.82) is 0 Å². The van der Waals surface area contributed by atoms with Crippen LogP contribution in [0.25, 0.3) is 0 Å². The Kier molecular flexibility index (Phi) is 4.49. The third-order valence-corrected chi connectivity index (χ3v) is 6.85. The first-order valence-electron chi connectivity index (χ1n) is 9.47. The lowest BCUT2D eigenvalue weighted by atomic mass is 9.49. The molecule has 0 radical (unpaired) electrons. The van der Waals surface area contributed by atoms with Crippen LogP contribution in [-0.2, 0) is 16.6 Å². The molecule has 0 aliphatic heterocycles. The van der Waals surface area contributed by atoms with Crippen molar-refractivity contribution in [2.24, 2.45) is 11.3 Å². The van der Waals surface area contributed by atoms with Gasteiger partial charge in [-0.3, -0.25) is 0 Å². The van der Waals surface area contributed by atoms with E-state index in [0.717, 1.165) is 12.2 Å². The molecule has 3 rings (SSSR count). The Hall–Kier alpha value is -1.02. The standard InChI is InChI=1S/C22H34O2/c1-14(2)17-10-15-8-9-20-21(3,4)12-16(23-6)13-22(20,5)18(15)11-19(17)24-7/h10-11,14,16,20H,8-9,12-13H2,1-7H3/t16-,20+,22+/m0/s1. The third-order valence-electron chi connectivity index (χ3n) is 6.85. The van der Waals surface area contributed by atoms with E-state index in [0.29, 0.717) is 23.4 Å². The molecule has 2 aliphatic rings. The summed E-state index contributed by atoms with van der Waals surface area (Å²) >= 11 is 0. The Morgan fingerprint density at radius 1 is 1.08 bits per heavy atom. The van der Waals surface area contributed by atoms with Gasteiger partial charge in [-0.2, -0.15) is 0 Å². The Labute approximate surface area is 147 Å². The van der Waals surface area contributed by atoms with Crippen molar-refractivity contribution >= 4 is 0 Å². The molecule has 0 amide bonds. The van der Waals surface area contributed by atoms with Crippen LogP contribution in [0.1, 0.15) is 76.5 Å². The van der Waals surface area contributed by atoms with Crippen molar-refractivity contribution in [2.75, 3.05) is 14.2 Å². The van der Waals surface area contributed by atoms with E-state index >= 15 is 0 Å². The van der Waals surface area contributed by atoms with Gasteiger partial charge in [-0.25, -0.2) is 0 Å². The molecule has 2 nitrogen and oxygen atoms in total. The normalized spacial score (nSPS) is 31.5. The Morgan fingerprint density at radius 2 is 1.79 bits per heavy atom. The smallest absolute Gasteiger partial charge is 0.122 e. The minimum absolute atomic E-state index is 0.179. The summed E-state index contributed by atoms with van der Waals surface area (Å²) in [7, 11) is 3.68. The third kappa shape index (κ3) is 2.67. The molecule has 0 saturated heterocycles. The van der Waals surface area contributed by atoms with E-state index in [1.54, 1.807) is 7.11 Å². The molecule has 2 aliphatic carbocycles. The second-order valence-corrected chi connectivity index (χ2v) is 9.17. The maximum absolute atomic E-state index is 5.84. The number of hydrogen-bond donors (Lipinski definition) is 0. The number of fused-ring (bicyclic) bond motifs is 3. The van der Waals surface area contributed by atoms with E-state index in [-0.39, 0.29) is 5.41 Å². The van der Waals surface area contributed by atoms with Crippen LogP contribution < -0.4 is 4.74 Å². The summed E-state index contributed by atoms with van der Waals surface area (Å²) in [6.07, 6.45) is 5.12. The summed E-state index contributed by atoms with van der Waals surface area (Å²) in [4.78, 5) is 0. The SMILES string of the molecule is COc1cc2c(cc1C(C)C)CC[C@@H]1C(C)(C)C[C@H](OC)C[C@]21C. The molecule has 1 fully saturated rings. The van der Waals surface area contributed by atoms with Crippen molar-refractivity contribution in [2.45, 2.75) is 77.7 Å². The highest BCUT2D eigenvalue weighted by Crippen LogP contribution is 2.58. The van der Waals surface area contributed by atoms with Crippen LogP contribution in [0.4, 0.5) is 0 Å². The lowest BCUT2D eigenvalue weighted by Crippen LogP contribution is -2.52. The topological polar surface area (TPSA) is 18.5 Å². The first-order chi connectivity index (χ1) is 11.2. The maximum Gasteiger partial charge on any atom is 0.122 e. The first-order valence-corrected chi connectivity index (χ1v) is 9.47. The molecular weight excluding hydrogens is 296 g/mol. The number of ether oxygens (including phenoxy) is 2. The lowest BCUT2D eigenvalue weighted by Gasteiger charge is -2.56. The van der Waals surface area contributed by atoms with E-state index in [4.69, 9.17) is 9.47 Å². The molecule has 3 atom stereocenters. The molecule has 0 N–H and O–H groups in total. The van der Waals surface area contributed by atoms with Gasteiger partial charge in [-0.1, -0.05) is 40.7 Å². The number of aryl methyl sites for hydroxylation is 1. The molecule has 24 heavy (non-hydrogen) atoms. The first kappa shape index (κ1) is 17.8. The van der Waals surface area contributed by atoms with Gasteiger partial charge in [0.2, 0.25) is 0 Å². The van der Waals surface area contributed by atoms with Crippen LogP contribution in [0.2, 0.25) is 0 Å². The Balaban J connectivity index is 2.14. The minimum atomic E-state index is 0.179. The van der Waals surface area contributed by atoms with Gasteiger partial charge < -0.3 is 9.47 Å². The fourth-order valence-corrected chi connectivity index (χ4v) is 5.76. The summed E-state index contributed by atoms with van der Waals surface area (Å²) in [5.41, 5.74) is 4.88. The second kappa shape index (κ2) is 6.05. The average Bonchev–Trinajstić information content (AvgIpc) is 2.52. The van der Waals surface area contributed by atoms with Gasteiger partial charge in [0, 0.05) is 7.11 Å². The molecule has 0 bridgehead atoms. The van der Waals surface area contributed by atoms with Crippen molar-refractivity contribution < 1.29 is 9.47 Å². The molecule has 134 valence electrons. The zero-order valence-corrected chi connectivity index (χ0v) is 16.5. The summed E-state index contributed by atoms with van der Waals surface area (Å²) in [5.74, 6) is 2.26. The molecule has 0 heterocycles. The van der Waals surface area contributed by atoms with Gasteiger partial charge in [-0.05, 0) is 71.1 Å². The predicted octanol–water partition coefficient (Wildman–Crippen LogP) is 5.47. The maximum atomic E-state index is 5.84. The van der Waals surface area contributed by atoms with Crippen molar-refractivity contribution in [3.05, 3.63) is 28.8 Å². The number of methoxy groups -OCH3 is 2. The van der Waals surface area contributed by atoms with E-state index in [9.17, 15) is 0 Å². The average molecular weight is 331 g/mol. The van der Waals surface area contributed by atoms with Crippen molar-refractivity contribution in [1.82, 2.24) is 0 Å². The largest absolute Gasteiger partial charge is 0.496 e. The van der Waals surface area contributed by atoms with E-state index in [2.05, 4.69) is 46.8 Å². The molecule has 2 heteroatoms. The van der Waals surface area contributed by atoms with E-state index < -0.39 is 0 Å². The van der Waals surface area contributed by atoms with Crippen LogP contribution in [0.3, 0.4) is 0 Å². The van der Waals surface area contributed by atoms with Gasteiger partial charge >= 0.3 is 0 Å². The summed E-state index contributed by atoms with van der Waals surface area (Å²) in [5, 5.41) is 0. The molecule has 1 aromatic carbocycles. The van der Waals surface area contributed by atoms with Gasteiger partial charge in [0.1, 0.15) is 5.75 Å². The van der Waals surface area contributed by atoms with Crippen LogP contribution in [0, 0.1) is 11.3 Å². The molecule has 1 saturated carbocycles. The zero-order valence-electron chi connectivity index (χ0n) is 16.5. The molecule has 0 spiro atoms. The molecule has 1 aromatic rings. The highest BCUT2D eigenvalue weighted by atomic mass is 16.5. The number of hydrogen-bond acceptors (Lipinski definition) is 2. The Bertz CT molecular complexity index is 617. The van der Waals surface area contributed by atoms with E-state index in [1.165, 1.54) is 36.0 Å². The Morgan fingerprint density at radius 3 is 2.38 bits per heavy atom. The van der Waals surface area contributed by atoms with Gasteiger partial charge in [0.15, 0.2) is 0 Å². The zero-order chi connectivity index (χ0) is 17.7. The summed E-state index contributed by atoms with van der Waals surface area (Å²) in [6, 6.07) is 4.77. The van der Waals surface area contributed by atoms with Gasteiger partial charge in [-0.15, -0.1) is 0 Å². The quantitative estimate of drug-likeness (QED) is 0.731. The van der Waals surface area contributed by atoms with Crippen LogP contribution in [-0.4, -0.2) is 20.3 Å². The van der Waals surface area contributed by atoms with E-state index in [1.807, 2.05) is 7.11 Å². The molecule has 0 unspecified atom stereocenters. The number of benzene rings is 1. The van der Waals surface area contributed by atoms with Gasteiger partial charge in [0.25, 0.3) is 0 Å². The summed E-state index contributed by atoms with van der Waals surface area (Å²) in [6.45, 7) is 11.8. The highest BCUT2D eigenvalue weighted by Gasteiger charge is 2.52. The van der Waals surface area contributed by atoms with Crippen LogP contribution in [0.15, 0.2) is 12.1 Å². The molecular formula is C22H34O2. The minimum Gasteiger partial charge on any atom is -0.496 e. The predicted molar refractivity (Wildman–Crippen MR) is 100 cm³/mol. The molecule has 0 aromatic heterocycles. The van der Waals surface area contributed by atoms with Crippen molar-refractivity contribution in [3.8, 4) is 5.75 Å². The monoisotopic (exact) mass is 330 g/mol. The van der Waals surface area contributed by atoms with Crippen molar-refractivity contribution in [3.63, 3.8) is 0 Å². The van der Waals surface area contributed by atoms with Crippen LogP contribution >= 0.6 is 0 Å². The lowest BCUT2D eigenvalue weighted by molar-refractivity contribution is -0.0568. The van der Waals surface area contributed by atoms with Crippen LogP contribution in [0.5, 0.6) is 5.75 Å². The number of rotatable bonds is 3. The van der Waals surface area contributed by atoms with Gasteiger partial charge in [0.05, 0.1) is 13.2 Å². The highest BCUT2D eigenvalue weighted by molar-refractivity contribution is 5.49.